The van der Waals surface area contributed by atoms with Crippen LogP contribution in [0, 0.1) is 0 Å². The van der Waals surface area contributed by atoms with Crippen LogP contribution in [0.2, 0.25) is 0 Å². The van der Waals surface area contributed by atoms with E-state index in [1.54, 1.807) is 73.3 Å². The topological polar surface area (TPSA) is 151 Å². The van der Waals surface area contributed by atoms with Crippen LogP contribution in [0.15, 0.2) is 97.8 Å². The van der Waals surface area contributed by atoms with Crippen LogP contribution in [-0.2, 0) is 59.3 Å². The molecule has 0 aliphatic heterocycles. The Hall–Kier alpha value is -4.23. The smallest absolute Gasteiger partial charge is 0.582 e. The van der Waals surface area contributed by atoms with Gasteiger partial charge in [0.2, 0.25) is 0 Å². The summed E-state index contributed by atoms with van der Waals surface area (Å²) in [6.45, 7) is 3.06. The Bertz CT molecular complexity index is 1420. The van der Waals surface area contributed by atoms with Gasteiger partial charge in [0.05, 0.1) is 0 Å². The monoisotopic (exact) mass is 1010 g/mol. The summed E-state index contributed by atoms with van der Waals surface area (Å²) in [6.07, 6.45) is 0.606. The van der Waals surface area contributed by atoms with E-state index in [-0.39, 0.29) is 59.3 Å². The van der Waals surface area contributed by atoms with Crippen LogP contribution in [0.5, 0.6) is 0 Å². The van der Waals surface area contributed by atoms with Crippen LogP contribution >= 0.6 is 0 Å². The van der Waals surface area contributed by atoms with E-state index in [9.17, 15) is 31.1 Å². The summed E-state index contributed by atoms with van der Waals surface area (Å²) in [6, 6.07) is 15.1. The zero-order valence-corrected chi connectivity index (χ0v) is 28.1. The number of pyridine rings is 2. The molecule has 0 spiro atoms. The average molecular weight is 1010 g/mol. The molecule has 0 atom stereocenters. The number of nitrogens with zero attached hydrogens (tertiary/aromatic N) is 10. The van der Waals surface area contributed by atoms with E-state index in [0.717, 1.165) is 12.1 Å². The third kappa shape index (κ3) is 16.7. The summed E-state index contributed by atoms with van der Waals surface area (Å²) in [5.74, 6) is 0.167. The maximum Gasteiger partial charge on any atom is 2.00 e. The van der Waals surface area contributed by atoms with Gasteiger partial charge in [-0.3, -0.25) is 9.97 Å². The second-order valence-electron chi connectivity index (χ2n) is 8.01. The number of halogens is 6. The van der Waals surface area contributed by atoms with Crippen molar-refractivity contribution in [1.82, 2.24) is 50.8 Å². The Labute approximate surface area is 287 Å². The molecule has 0 saturated heterocycles. The van der Waals surface area contributed by atoms with Gasteiger partial charge in [0.25, 0.3) is 0 Å². The molecule has 11 nitrogen and oxygen atoms in total. The molecule has 6 aromatic rings. The zero-order chi connectivity index (χ0) is 32.4. The normalized spacial score (nSPS) is 9.91. The molecule has 0 radical (unpaired) electrons. The Morgan fingerprint density at radius 3 is 1.17 bits per heavy atom. The third-order valence-electron chi connectivity index (χ3n) is 4.26. The molecule has 0 aliphatic rings. The molecule has 0 unspecified atom stereocenters. The van der Waals surface area contributed by atoms with Crippen molar-refractivity contribution in [3.8, 4) is 22.8 Å². The van der Waals surface area contributed by atoms with Gasteiger partial charge in [0.15, 0.2) is 0 Å². The molecule has 6 rings (SSSR count). The van der Waals surface area contributed by atoms with E-state index in [4.69, 9.17) is 0 Å². The molecule has 6 heterocycles. The maximum absolute atomic E-state index is 12.2. The molecule has 0 bridgehead atoms. The van der Waals surface area contributed by atoms with E-state index >= 15 is 0 Å². The van der Waals surface area contributed by atoms with Crippen molar-refractivity contribution < 1.29 is 73.3 Å². The largest absolute Gasteiger partial charge is 2.00 e. The minimum absolute atomic E-state index is 0. The first-order valence-corrected chi connectivity index (χ1v) is 12.1. The van der Waals surface area contributed by atoms with Gasteiger partial charge in [-0.1, -0.05) is 35.7 Å². The van der Waals surface area contributed by atoms with E-state index in [0.29, 0.717) is 11.4 Å². The van der Waals surface area contributed by atoms with Crippen LogP contribution in [0.1, 0.15) is 25.2 Å². The molecular formula is C27H22F6N10OPt2. The Kier molecular flexibility index (Phi) is 19.5. The molecule has 0 aliphatic carbocycles. The Morgan fingerprint density at radius 2 is 0.978 bits per heavy atom. The molecular weight excluding hydrogens is 985 g/mol. The average Bonchev–Trinajstić information content (AvgIpc) is 3.81. The molecule has 46 heavy (non-hydrogen) atoms. The molecule has 0 saturated carbocycles. The first kappa shape index (κ1) is 41.8. The van der Waals surface area contributed by atoms with Gasteiger partial charge >= 0.3 is 54.5 Å². The fraction of sp³-hybridized carbons (Fsp3) is 0.148. The van der Waals surface area contributed by atoms with Crippen molar-refractivity contribution >= 4 is 5.78 Å². The SMILES string of the molecule is CC(C)=O.FC(F)(F)c1cc(-c2ccccn2)[n-]n1.FC(F)(F)c1cc(-c2ccccn2)[n-]n1.[Pt+2].[Pt+2].c1cn[n-]c1.c1cn[n-]c1. The minimum Gasteiger partial charge on any atom is -0.582 e. The quantitative estimate of drug-likeness (QED) is 0.218. The molecule has 0 fully saturated rings. The van der Waals surface area contributed by atoms with Gasteiger partial charge in [-0.2, -0.15) is 38.7 Å². The molecule has 6 aromatic heterocycles. The molecule has 248 valence electrons. The Morgan fingerprint density at radius 1 is 0.609 bits per heavy atom. The molecule has 0 N–H and O–H groups in total. The van der Waals surface area contributed by atoms with Gasteiger partial charge in [0.1, 0.15) is 17.2 Å². The first-order valence-electron chi connectivity index (χ1n) is 12.1. The number of carbonyl (C=O) groups excluding carboxylic acids is 1. The zero-order valence-electron chi connectivity index (χ0n) is 23.5. The standard InChI is InChI=1S/2C9H5F3N3.2C3H3N2.C3H6O.2Pt/c2*10-9(11,12)8-5-7(14-15-8)6-3-1-2-4-13-6;2*1-2-4-5-3-1;1-3(2)4;;/h2*1-5H;2*1-3H;1-2H3;;/q4*-1;;2*+2. The summed E-state index contributed by atoms with van der Waals surface area (Å²) < 4.78 is 73.2. The van der Waals surface area contributed by atoms with Crippen LogP contribution in [-0.4, -0.2) is 36.1 Å². The van der Waals surface area contributed by atoms with Gasteiger partial charge in [-0.05, 0) is 50.2 Å². The van der Waals surface area contributed by atoms with E-state index < -0.39 is 23.7 Å². The van der Waals surface area contributed by atoms with Gasteiger partial charge in [0, 0.05) is 36.2 Å². The van der Waals surface area contributed by atoms with Gasteiger partial charge < -0.3 is 45.6 Å². The number of Topliss-reactive ketones (excluding diaryl/α,β-unsaturated/α-hetero) is 1. The summed E-state index contributed by atoms with van der Waals surface area (Å²) in [7, 11) is 0. The fourth-order valence-electron chi connectivity index (χ4n) is 2.53. The van der Waals surface area contributed by atoms with Crippen LogP contribution < -0.4 is 20.4 Å². The van der Waals surface area contributed by atoms with Crippen molar-refractivity contribution in [3.63, 3.8) is 0 Å². The van der Waals surface area contributed by atoms with Crippen molar-refractivity contribution in [2.75, 3.05) is 0 Å². The van der Waals surface area contributed by atoms with Crippen molar-refractivity contribution in [2.24, 2.45) is 0 Å². The van der Waals surface area contributed by atoms with Crippen molar-refractivity contribution in [2.45, 2.75) is 26.2 Å². The van der Waals surface area contributed by atoms with E-state index in [1.807, 2.05) is 0 Å². The number of hydrogen-bond donors (Lipinski definition) is 0. The number of alkyl halides is 6. The molecule has 19 heteroatoms. The van der Waals surface area contributed by atoms with Crippen molar-refractivity contribution in [3.05, 3.63) is 109 Å². The van der Waals surface area contributed by atoms with Crippen LogP contribution in [0.3, 0.4) is 0 Å². The fourth-order valence-corrected chi connectivity index (χ4v) is 2.53. The van der Waals surface area contributed by atoms with E-state index in [2.05, 4.69) is 50.8 Å². The summed E-state index contributed by atoms with van der Waals surface area (Å²) in [5, 5.41) is 26.8. The number of carbonyl (C=O) groups is 1. The number of hydrogen-bond acceptors (Lipinski definition) is 7. The second-order valence-corrected chi connectivity index (χ2v) is 8.01. The maximum atomic E-state index is 12.2. The third-order valence-corrected chi connectivity index (χ3v) is 4.26. The van der Waals surface area contributed by atoms with Gasteiger partial charge in [-0.25, -0.2) is 0 Å². The summed E-state index contributed by atoms with van der Waals surface area (Å²) in [5.41, 5.74) is -0.988. The second kappa shape index (κ2) is 21.5. The number of aromatic nitrogens is 10. The minimum atomic E-state index is -4.46. The number of ketones is 1. The number of rotatable bonds is 2. The summed E-state index contributed by atoms with van der Waals surface area (Å²) >= 11 is 0. The van der Waals surface area contributed by atoms with Crippen molar-refractivity contribution in [1.29, 1.82) is 0 Å². The predicted octanol–water partition coefficient (Wildman–Crippen LogP) is 4.91. The van der Waals surface area contributed by atoms with Crippen LogP contribution in [0.25, 0.3) is 22.8 Å². The van der Waals surface area contributed by atoms with Gasteiger partial charge in [-0.15, -0.1) is 0 Å². The molecule has 0 amide bonds. The van der Waals surface area contributed by atoms with E-state index in [1.165, 1.54) is 26.2 Å². The summed E-state index contributed by atoms with van der Waals surface area (Å²) in [4.78, 5) is 17.2. The first-order chi connectivity index (χ1) is 20.9. The van der Waals surface area contributed by atoms with Crippen LogP contribution in [0.4, 0.5) is 26.3 Å². The predicted molar refractivity (Wildman–Crippen MR) is 143 cm³/mol. The Balaban J connectivity index is 0.000000606. The molecule has 0 aromatic carbocycles.